The van der Waals surface area contributed by atoms with Gasteiger partial charge in [-0.3, -0.25) is 9.97 Å². The van der Waals surface area contributed by atoms with Crippen molar-refractivity contribution in [3.8, 4) is 0 Å². The zero-order valence-corrected chi connectivity index (χ0v) is 55.8. The van der Waals surface area contributed by atoms with Gasteiger partial charge >= 0.3 is 27.3 Å². The molecule has 0 saturated carbocycles. The Balaban J connectivity index is 0.000000323. The summed E-state index contributed by atoms with van der Waals surface area (Å²) in [7, 11) is -1.28. The molecule has 10 heterocycles. The SMILES string of the molecule is CC1(C)OB(B2OC(C)(C)C(C)(C)O2)OC1(C)C.Cc1cc(N)cs1.Cc1cc2ncc(B3OC(C)(C)C(C)(C)O3)cc2s1.Cc1cc2ncc(Br)cc2s1.Cc1cccs1.Cc1csc(C)c1.Cl.O=C=O.O=CC(Br)C=O. The molecule has 78 heavy (non-hydrogen) atoms. The number of alkyl halides is 1. The first kappa shape index (κ1) is 71.1. The molecule has 3 saturated heterocycles. The largest absolute Gasteiger partial charge is 0.496 e. The summed E-state index contributed by atoms with van der Waals surface area (Å²) < 4.78 is 39.4. The number of pyridine rings is 2. The van der Waals surface area contributed by atoms with Gasteiger partial charge in [-0.15, -0.1) is 69.1 Å². The van der Waals surface area contributed by atoms with Crippen LogP contribution in [0.2, 0.25) is 0 Å². The lowest BCUT2D eigenvalue weighted by atomic mass is 9.49. The molecule has 0 bridgehead atoms. The number of anilines is 1. The highest BCUT2D eigenvalue weighted by Crippen LogP contribution is 2.43. The zero-order valence-electron chi connectivity index (χ0n) is 47.7. The Hall–Kier alpha value is -2.96. The predicted molar refractivity (Wildman–Crippen MR) is 338 cm³/mol. The van der Waals surface area contributed by atoms with E-state index >= 15 is 0 Å². The van der Waals surface area contributed by atoms with E-state index in [1.807, 2.05) is 86.2 Å². The Morgan fingerprint density at radius 3 is 1.28 bits per heavy atom. The van der Waals surface area contributed by atoms with Gasteiger partial charge in [-0.25, -0.2) is 0 Å². The Labute approximate surface area is 505 Å². The smallest absolute Gasteiger partial charge is 0.405 e. The normalized spacial score (nSPS) is 17.2. The third kappa shape index (κ3) is 21.4. The van der Waals surface area contributed by atoms with Crippen molar-refractivity contribution >= 4 is 172 Å². The molecule has 2 N–H and O–H groups in total. The number of fused-ring (bicyclic) bond motifs is 2. The van der Waals surface area contributed by atoms with Crippen molar-refractivity contribution in [2.24, 2.45) is 0 Å². The molecule has 0 spiro atoms. The predicted octanol–water partition coefficient (Wildman–Crippen LogP) is 14.6. The third-order valence-electron chi connectivity index (χ3n) is 12.8. The zero-order chi connectivity index (χ0) is 58.3. The monoisotopic (exact) mass is 1310 g/mol. The lowest BCUT2D eigenvalue weighted by Gasteiger charge is -2.32. The minimum absolute atomic E-state index is 0. The molecule has 0 aliphatic carbocycles. The van der Waals surface area contributed by atoms with E-state index in [1.54, 1.807) is 56.7 Å². The van der Waals surface area contributed by atoms with Crippen LogP contribution in [0.25, 0.3) is 20.4 Å². The summed E-state index contributed by atoms with van der Waals surface area (Å²) in [6.45, 7) is 37.0. The first-order valence-corrected chi connectivity index (χ1v) is 30.4. The summed E-state index contributed by atoms with van der Waals surface area (Å²) in [5.41, 5.74) is 8.72. The second kappa shape index (κ2) is 30.9. The minimum Gasteiger partial charge on any atom is -0.405 e. The number of nitrogens with two attached hydrogens (primary N) is 1. The fourth-order valence-corrected chi connectivity index (χ4v) is 10.8. The Bertz CT molecular complexity index is 2830. The quantitative estimate of drug-likeness (QED) is 0.0763. The molecule has 424 valence electrons. The topological polar surface area (TPSA) is 175 Å². The summed E-state index contributed by atoms with van der Waals surface area (Å²) >= 11 is 14.9. The van der Waals surface area contributed by atoms with E-state index in [9.17, 15) is 9.59 Å². The maximum atomic E-state index is 9.46. The number of halogens is 3. The van der Waals surface area contributed by atoms with Gasteiger partial charge in [0.15, 0.2) is 0 Å². The molecular weight excluding hydrogens is 1240 g/mol. The molecule has 10 rings (SSSR count). The first-order chi connectivity index (χ1) is 35.6. The minimum atomic E-state index is -0.613. The maximum absolute atomic E-state index is 9.46. The number of thiophene rings is 5. The molecule has 7 aromatic heterocycles. The summed E-state index contributed by atoms with van der Waals surface area (Å²) in [5.74, 6) is 0. The van der Waals surface area contributed by atoms with Crippen LogP contribution in [-0.2, 0) is 47.1 Å². The van der Waals surface area contributed by atoms with E-state index in [1.165, 1.54) is 39.3 Å². The van der Waals surface area contributed by atoms with Crippen LogP contribution in [0.15, 0.2) is 81.5 Å². The average Bonchev–Trinajstić information content (AvgIpc) is 4.22. The van der Waals surface area contributed by atoms with Gasteiger partial charge in [0.2, 0.25) is 0 Å². The number of aryl methyl sites for hydroxylation is 6. The Kier molecular flexibility index (Phi) is 28.2. The van der Waals surface area contributed by atoms with Crippen molar-refractivity contribution in [2.75, 3.05) is 5.73 Å². The maximum Gasteiger partial charge on any atom is 0.496 e. The van der Waals surface area contributed by atoms with Crippen molar-refractivity contribution in [2.45, 2.75) is 163 Å². The highest BCUT2D eigenvalue weighted by molar-refractivity contribution is 9.10. The van der Waals surface area contributed by atoms with E-state index in [0.717, 1.165) is 26.7 Å². The van der Waals surface area contributed by atoms with Gasteiger partial charge in [0, 0.05) is 57.8 Å². The molecular formula is C54H73B3Br2ClN3O10S5. The number of nitrogens with zero attached hydrogens (tertiary/aromatic N) is 2. The van der Waals surface area contributed by atoms with Crippen molar-refractivity contribution < 1.29 is 47.1 Å². The van der Waals surface area contributed by atoms with Crippen molar-refractivity contribution in [3.05, 3.63) is 111 Å². The second-order valence-electron chi connectivity index (χ2n) is 21.0. The van der Waals surface area contributed by atoms with Crippen LogP contribution >= 0.6 is 101 Å². The molecule has 7 aromatic rings. The molecule has 3 fully saturated rings. The molecule has 0 aromatic carbocycles. The molecule has 0 atom stereocenters. The number of carbonyl (C=O) groups excluding carboxylic acids is 4. The Morgan fingerprint density at radius 1 is 0.577 bits per heavy atom. The van der Waals surface area contributed by atoms with E-state index in [4.69, 9.17) is 43.2 Å². The van der Waals surface area contributed by atoms with Gasteiger partial charge in [0.25, 0.3) is 0 Å². The molecule has 3 aliphatic heterocycles. The van der Waals surface area contributed by atoms with E-state index in [0.29, 0.717) is 12.6 Å². The lowest BCUT2D eigenvalue weighted by molar-refractivity contribution is -0.191. The van der Waals surface area contributed by atoms with Crippen LogP contribution < -0.4 is 11.2 Å². The van der Waals surface area contributed by atoms with Gasteiger partial charge in [-0.1, -0.05) is 22.0 Å². The van der Waals surface area contributed by atoms with Crippen LogP contribution in [0.3, 0.4) is 0 Å². The molecule has 0 radical (unpaired) electrons. The van der Waals surface area contributed by atoms with Gasteiger partial charge in [-0.05, 0) is 199 Å². The summed E-state index contributed by atoms with van der Waals surface area (Å²) in [4.78, 5) is 50.0. The molecule has 0 unspecified atom stereocenters. The van der Waals surface area contributed by atoms with Crippen LogP contribution in [0.5, 0.6) is 0 Å². The van der Waals surface area contributed by atoms with Crippen molar-refractivity contribution in [1.29, 1.82) is 0 Å². The first-order valence-electron chi connectivity index (χ1n) is 24.4. The Morgan fingerprint density at radius 2 is 0.987 bits per heavy atom. The fraction of sp³-hybridized carbons (Fsp3) is 0.463. The number of hydrogen-bond acceptors (Lipinski definition) is 18. The van der Waals surface area contributed by atoms with Gasteiger partial charge in [0.05, 0.1) is 54.0 Å². The second-order valence-corrected chi connectivity index (χ2v) is 28.9. The number of rotatable bonds is 4. The van der Waals surface area contributed by atoms with Crippen molar-refractivity contribution in [3.63, 3.8) is 0 Å². The van der Waals surface area contributed by atoms with E-state index in [-0.39, 0.29) is 59.3 Å². The average molecular weight is 1310 g/mol. The fourth-order valence-electron chi connectivity index (χ4n) is 6.61. The van der Waals surface area contributed by atoms with Crippen LogP contribution in [0, 0.1) is 41.5 Å². The lowest BCUT2D eigenvalue weighted by Crippen LogP contribution is -2.41. The number of aldehydes is 2. The summed E-state index contributed by atoms with van der Waals surface area (Å²) in [6, 6.07) is 16.7. The number of carbonyl (C=O) groups is 2. The molecule has 13 nitrogen and oxygen atoms in total. The van der Waals surface area contributed by atoms with E-state index < -0.39 is 18.8 Å². The molecule has 0 amide bonds. The number of hydrogen-bond donors (Lipinski definition) is 1. The van der Waals surface area contributed by atoms with Crippen LogP contribution in [-0.4, -0.2) is 88.3 Å². The van der Waals surface area contributed by atoms with Crippen LogP contribution in [0.1, 0.15) is 113 Å². The summed E-state index contributed by atoms with van der Waals surface area (Å²) in [6.07, 6.45) is 4.98. The highest BCUT2D eigenvalue weighted by atomic mass is 79.9. The van der Waals surface area contributed by atoms with Crippen molar-refractivity contribution in [1.82, 2.24) is 9.97 Å². The standard InChI is InChI=1S/C14H18BNO2S.C12H24B2O4.C8H6BrNS.C6H8S.C5H7NS.C5H6S.C3H3BrO2.CO2.ClH/c1-9-6-11-12(19-9)7-10(8-16-11)15-17-13(2,3)14(4,5)18-15;1-9(2)10(3,4)16-13(15-9)14-17-11(5,6)12(7,8)18-14;1-5-2-7-8(11-5)3-6(9)4-10-7;1-5-3-6(2)7-4-5;1-4-2-5(6)3-7-4;1-5-3-2-4-6-5;4-3(1-5)2-6;2-1-3;/h6-8H,1-5H3;1-8H3;2-4H,1H3;3-4H,1-2H3;2-3H,6H2,1H3;2-4H,1H3;1-3H;;1H. The van der Waals surface area contributed by atoms with Crippen LogP contribution in [0.4, 0.5) is 5.69 Å². The van der Waals surface area contributed by atoms with Gasteiger partial charge in [0.1, 0.15) is 17.4 Å². The van der Waals surface area contributed by atoms with E-state index in [2.05, 4.69) is 157 Å². The highest BCUT2D eigenvalue weighted by Gasteiger charge is 2.63. The third-order valence-corrected chi connectivity index (χ3v) is 18.3. The number of nitrogen functional groups attached to an aromatic ring is 1. The molecule has 3 aliphatic rings. The number of aromatic nitrogens is 2. The van der Waals surface area contributed by atoms with Gasteiger partial charge in [-0.2, -0.15) is 9.59 Å². The molecule has 24 heteroatoms. The summed E-state index contributed by atoms with van der Waals surface area (Å²) in [5, 5.41) is 6.18. The van der Waals surface area contributed by atoms with Gasteiger partial charge < -0.3 is 43.2 Å².